The molecule has 0 fully saturated rings. The van der Waals surface area contributed by atoms with Gasteiger partial charge in [-0.1, -0.05) is 13.0 Å². The number of halogens is 1. The van der Waals surface area contributed by atoms with Crippen molar-refractivity contribution in [3.8, 4) is 0 Å². The first-order valence-electron chi connectivity index (χ1n) is 4.75. The first-order valence-corrected chi connectivity index (χ1v) is 5.74. The number of hydrogen-bond acceptors (Lipinski definition) is 2. The van der Waals surface area contributed by atoms with Gasteiger partial charge in [-0.05, 0) is 36.8 Å². The standard InChI is InChI=1S/C11H15FOS/c1-3-6-14-11-5-4-9(8(2)13)7-10(11)12/h4-5,7-8,13H,3,6H2,1-2H3/t8-/m1/s1. The average Bonchev–Trinajstić information content (AvgIpc) is 2.15. The predicted molar refractivity (Wildman–Crippen MR) is 58.0 cm³/mol. The van der Waals surface area contributed by atoms with Crippen molar-refractivity contribution < 1.29 is 9.50 Å². The molecule has 1 nitrogen and oxygen atoms in total. The van der Waals surface area contributed by atoms with Crippen LogP contribution < -0.4 is 0 Å². The zero-order valence-corrected chi connectivity index (χ0v) is 9.27. The molecule has 0 spiro atoms. The molecule has 0 saturated carbocycles. The largest absolute Gasteiger partial charge is 0.389 e. The van der Waals surface area contributed by atoms with E-state index < -0.39 is 6.10 Å². The van der Waals surface area contributed by atoms with Crippen LogP contribution in [0.1, 0.15) is 31.9 Å². The summed E-state index contributed by atoms with van der Waals surface area (Å²) in [6.45, 7) is 3.70. The van der Waals surface area contributed by atoms with Crippen LogP contribution in [-0.4, -0.2) is 10.9 Å². The minimum absolute atomic E-state index is 0.234. The number of hydrogen-bond donors (Lipinski definition) is 1. The Bertz CT molecular complexity index is 299. The summed E-state index contributed by atoms with van der Waals surface area (Å²) in [5, 5.41) is 9.24. The van der Waals surface area contributed by atoms with E-state index in [0.29, 0.717) is 10.5 Å². The monoisotopic (exact) mass is 214 g/mol. The number of thioether (sulfide) groups is 1. The lowest BCUT2D eigenvalue weighted by Crippen LogP contribution is -1.93. The molecule has 0 radical (unpaired) electrons. The lowest BCUT2D eigenvalue weighted by molar-refractivity contribution is 0.198. The Morgan fingerprint density at radius 2 is 2.21 bits per heavy atom. The van der Waals surface area contributed by atoms with Crippen molar-refractivity contribution in [2.24, 2.45) is 0 Å². The van der Waals surface area contributed by atoms with E-state index in [4.69, 9.17) is 0 Å². The maximum Gasteiger partial charge on any atom is 0.137 e. The van der Waals surface area contributed by atoms with Gasteiger partial charge in [0.15, 0.2) is 0 Å². The molecule has 78 valence electrons. The number of rotatable bonds is 4. The van der Waals surface area contributed by atoms with E-state index in [-0.39, 0.29) is 5.82 Å². The first kappa shape index (κ1) is 11.5. The van der Waals surface area contributed by atoms with Crippen LogP contribution in [0, 0.1) is 5.82 Å². The fraction of sp³-hybridized carbons (Fsp3) is 0.455. The molecule has 0 aliphatic rings. The Kier molecular flexibility index (Phi) is 4.42. The third kappa shape index (κ3) is 3.00. The van der Waals surface area contributed by atoms with E-state index in [2.05, 4.69) is 6.92 Å². The number of benzene rings is 1. The molecule has 0 heterocycles. The Balaban J connectivity index is 2.79. The van der Waals surface area contributed by atoms with Gasteiger partial charge in [-0.3, -0.25) is 0 Å². The molecule has 1 N–H and O–H groups in total. The van der Waals surface area contributed by atoms with Gasteiger partial charge in [0.05, 0.1) is 6.10 Å². The predicted octanol–water partition coefficient (Wildman–Crippen LogP) is 3.38. The van der Waals surface area contributed by atoms with Crippen molar-refractivity contribution in [1.29, 1.82) is 0 Å². The van der Waals surface area contributed by atoms with Gasteiger partial charge in [-0.25, -0.2) is 4.39 Å². The fourth-order valence-electron chi connectivity index (χ4n) is 1.11. The fourth-order valence-corrected chi connectivity index (χ4v) is 1.89. The molecular formula is C11H15FOS. The molecule has 0 saturated heterocycles. The van der Waals surface area contributed by atoms with Crippen molar-refractivity contribution in [1.82, 2.24) is 0 Å². The summed E-state index contributed by atoms with van der Waals surface area (Å²) in [5.74, 6) is 0.687. The third-order valence-electron chi connectivity index (χ3n) is 1.90. The second-order valence-corrected chi connectivity index (χ2v) is 4.35. The molecule has 14 heavy (non-hydrogen) atoms. The lowest BCUT2D eigenvalue weighted by atomic mass is 10.1. The average molecular weight is 214 g/mol. The summed E-state index contributed by atoms with van der Waals surface area (Å²) in [6, 6.07) is 4.91. The van der Waals surface area contributed by atoms with E-state index in [1.54, 1.807) is 19.1 Å². The van der Waals surface area contributed by atoms with E-state index in [9.17, 15) is 9.50 Å². The summed E-state index contributed by atoms with van der Waals surface area (Å²) in [5.41, 5.74) is 0.628. The highest BCUT2D eigenvalue weighted by Crippen LogP contribution is 2.25. The third-order valence-corrected chi connectivity index (χ3v) is 3.15. The highest BCUT2D eigenvalue weighted by Gasteiger charge is 2.06. The van der Waals surface area contributed by atoms with E-state index >= 15 is 0 Å². The number of aliphatic hydroxyl groups excluding tert-OH is 1. The van der Waals surface area contributed by atoms with Gasteiger partial charge < -0.3 is 5.11 Å². The molecule has 1 aromatic carbocycles. The Labute approximate surface area is 88.3 Å². The molecule has 1 rings (SSSR count). The van der Waals surface area contributed by atoms with Crippen molar-refractivity contribution in [3.63, 3.8) is 0 Å². The topological polar surface area (TPSA) is 20.2 Å². The molecule has 0 amide bonds. The Morgan fingerprint density at radius 1 is 1.50 bits per heavy atom. The van der Waals surface area contributed by atoms with Crippen LogP contribution in [0.25, 0.3) is 0 Å². The zero-order valence-electron chi connectivity index (χ0n) is 8.46. The molecule has 0 aliphatic carbocycles. The van der Waals surface area contributed by atoms with Crippen LogP contribution in [-0.2, 0) is 0 Å². The second kappa shape index (κ2) is 5.37. The van der Waals surface area contributed by atoms with Crippen LogP contribution >= 0.6 is 11.8 Å². The maximum atomic E-state index is 13.4. The van der Waals surface area contributed by atoms with Crippen LogP contribution in [0.3, 0.4) is 0 Å². The molecule has 0 aromatic heterocycles. The summed E-state index contributed by atoms with van der Waals surface area (Å²) >= 11 is 1.51. The first-order chi connectivity index (χ1) is 6.65. The molecule has 3 heteroatoms. The Hall–Kier alpha value is -0.540. The van der Waals surface area contributed by atoms with Crippen molar-refractivity contribution >= 4 is 11.8 Å². The molecule has 0 bridgehead atoms. The smallest absolute Gasteiger partial charge is 0.137 e. The van der Waals surface area contributed by atoms with Crippen molar-refractivity contribution in [2.45, 2.75) is 31.3 Å². The summed E-state index contributed by atoms with van der Waals surface area (Å²) in [6.07, 6.45) is 0.428. The highest BCUT2D eigenvalue weighted by molar-refractivity contribution is 7.99. The van der Waals surface area contributed by atoms with Gasteiger partial charge in [0.25, 0.3) is 0 Å². The van der Waals surface area contributed by atoms with E-state index in [1.807, 2.05) is 0 Å². The van der Waals surface area contributed by atoms with E-state index in [0.717, 1.165) is 12.2 Å². The number of aliphatic hydroxyl groups is 1. The molecule has 1 aromatic rings. The van der Waals surface area contributed by atoms with Gasteiger partial charge in [0.2, 0.25) is 0 Å². The van der Waals surface area contributed by atoms with Gasteiger partial charge in [0, 0.05) is 4.90 Å². The zero-order chi connectivity index (χ0) is 10.6. The van der Waals surface area contributed by atoms with Gasteiger partial charge in [0.1, 0.15) is 5.82 Å². The van der Waals surface area contributed by atoms with Crippen LogP contribution in [0.15, 0.2) is 23.1 Å². The highest BCUT2D eigenvalue weighted by atomic mass is 32.2. The quantitative estimate of drug-likeness (QED) is 0.775. The minimum atomic E-state index is -0.602. The SMILES string of the molecule is CCCSc1ccc([C@@H](C)O)cc1F. The van der Waals surface area contributed by atoms with E-state index in [1.165, 1.54) is 17.8 Å². The van der Waals surface area contributed by atoms with Crippen LogP contribution in [0.2, 0.25) is 0 Å². The molecular weight excluding hydrogens is 199 g/mol. The van der Waals surface area contributed by atoms with Gasteiger partial charge in [-0.15, -0.1) is 11.8 Å². The molecule has 0 aliphatic heterocycles. The van der Waals surface area contributed by atoms with Crippen molar-refractivity contribution in [2.75, 3.05) is 5.75 Å². The normalized spacial score (nSPS) is 12.9. The van der Waals surface area contributed by atoms with Gasteiger partial charge in [-0.2, -0.15) is 0 Å². The maximum absolute atomic E-state index is 13.4. The summed E-state index contributed by atoms with van der Waals surface area (Å²) < 4.78 is 13.4. The van der Waals surface area contributed by atoms with Crippen molar-refractivity contribution in [3.05, 3.63) is 29.6 Å². The Morgan fingerprint density at radius 3 is 2.71 bits per heavy atom. The lowest BCUT2D eigenvalue weighted by Gasteiger charge is -2.07. The second-order valence-electron chi connectivity index (χ2n) is 3.21. The summed E-state index contributed by atoms with van der Waals surface area (Å²) in [4.78, 5) is 0.663. The molecule has 0 unspecified atom stereocenters. The van der Waals surface area contributed by atoms with Crippen LogP contribution in [0.4, 0.5) is 4.39 Å². The summed E-state index contributed by atoms with van der Waals surface area (Å²) in [7, 11) is 0. The minimum Gasteiger partial charge on any atom is -0.389 e. The molecule has 1 atom stereocenters. The van der Waals surface area contributed by atoms with Gasteiger partial charge >= 0.3 is 0 Å². The van der Waals surface area contributed by atoms with Crippen LogP contribution in [0.5, 0.6) is 0 Å².